The standard InChI is InChI=1S/C25H23F3N2O7S/c1-23(18-9-5-3-6-10-18,29-38(34,35)21-15-13-20(14-16-21)30(32)33)17-37-22(31)24(36-2,25(26,27)28)19-11-7-4-8-12-19/h3-16,29H,17H2,1-2H3/t23-,24+/m1/s1. The molecule has 3 aromatic rings. The molecule has 0 saturated carbocycles. The van der Waals surface area contributed by atoms with Crippen LogP contribution in [-0.2, 0) is 35.4 Å². The molecule has 0 radical (unpaired) electrons. The van der Waals surface area contributed by atoms with Crippen molar-refractivity contribution in [2.24, 2.45) is 0 Å². The van der Waals surface area contributed by atoms with Crippen molar-refractivity contribution in [3.63, 3.8) is 0 Å². The second kappa shape index (κ2) is 10.9. The SMILES string of the molecule is CO[C@](C(=O)OC[C@@](C)(NS(=O)(=O)c1ccc([N+](=O)[O-])cc1)c1ccccc1)(c1ccccc1)C(F)(F)F. The van der Waals surface area contributed by atoms with Gasteiger partial charge >= 0.3 is 12.1 Å². The van der Waals surface area contributed by atoms with Crippen LogP contribution >= 0.6 is 0 Å². The zero-order valence-electron chi connectivity index (χ0n) is 20.1. The predicted octanol–water partition coefficient (Wildman–Crippen LogP) is 4.44. The lowest BCUT2D eigenvalue weighted by Crippen LogP contribution is -2.54. The van der Waals surface area contributed by atoms with Gasteiger partial charge in [-0.25, -0.2) is 13.2 Å². The van der Waals surface area contributed by atoms with Crippen molar-refractivity contribution in [1.29, 1.82) is 0 Å². The summed E-state index contributed by atoms with van der Waals surface area (Å²) >= 11 is 0. The third-order valence-corrected chi connectivity index (χ3v) is 7.41. The molecule has 38 heavy (non-hydrogen) atoms. The normalized spacial score (nSPS) is 15.2. The summed E-state index contributed by atoms with van der Waals surface area (Å²) in [5.74, 6) is -1.80. The fraction of sp³-hybridized carbons (Fsp3) is 0.240. The predicted molar refractivity (Wildman–Crippen MR) is 129 cm³/mol. The number of non-ortho nitro benzene ring substituents is 1. The molecule has 0 unspecified atom stereocenters. The molecule has 3 aromatic carbocycles. The van der Waals surface area contributed by atoms with E-state index in [0.717, 1.165) is 43.5 Å². The summed E-state index contributed by atoms with van der Waals surface area (Å²) in [5, 5.41) is 10.9. The lowest BCUT2D eigenvalue weighted by molar-refractivity contribution is -0.384. The van der Waals surface area contributed by atoms with Gasteiger partial charge in [0, 0.05) is 24.8 Å². The van der Waals surface area contributed by atoms with E-state index >= 15 is 0 Å². The Labute approximate surface area is 216 Å². The Bertz CT molecular complexity index is 1390. The van der Waals surface area contributed by atoms with Gasteiger partial charge in [-0.3, -0.25) is 10.1 Å². The number of hydrogen-bond donors (Lipinski definition) is 1. The van der Waals surface area contributed by atoms with E-state index in [1.54, 1.807) is 18.2 Å². The largest absolute Gasteiger partial charge is 0.461 e. The molecule has 0 fully saturated rings. The number of nitro groups is 1. The molecular formula is C25H23F3N2O7S. The summed E-state index contributed by atoms with van der Waals surface area (Å²) in [7, 11) is -3.68. The van der Waals surface area contributed by atoms with Crippen molar-refractivity contribution in [1.82, 2.24) is 4.72 Å². The van der Waals surface area contributed by atoms with Crippen LogP contribution in [0, 0.1) is 10.1 Å². The number of alkyl halides is 3. The van der Waals surface area contributed by atoms with Crippen LogP contribution < -0.4 is 4.72 Å². The summed E-state index contributed by atoms with van der Waals surface area (Å²) in [5.41, 5.74) is -5.81. The zero-order chi connectivity index (χ0) is 28.2. The number of halogens is 3. The van der Waals surface area contributed by atoms with Crippen LogP contribution in [0.25, 0.3) is 0 Å². The number of nitrogens with zero attached hydrogens (tertiary/aromatic N) is 1. The maximum absolute atomic E-state index is 14.3. The van der Waals surface area contributed by atoms with Gasteiger partial charge in [0.25, 0.3) is 11.3 Å². The van der Waals surface area contributed by atoms with Crippen molar-refractivity contribution >= 4 is 21.7 Å². The number of ether oxygens (including phenoxy) is 2. The Morgan fingerprint density at radius 3 is 1.87 bits per heavy atom. The molecule has 1 N–H and O–H groups in total. The summed E-state index contributed by atoms with van der Waals surface area (Å²) in [6.45, 7) is 0.471. The minimum Gasteiger partial charge on any atom is -0.461 e. The second-order valence-electron chi connectivity index (χ2n) is 8.38. The highest BCUT2D eigenvalue weighted by Crippen LogP contribution is 2.43. The van der Waals surface area contributed by atoms with Crippen LogP contribution in [0.1, 0.15) is 18.1 Å². The van der Waals surface area contributed by atoms with Gasteiger partial charge in [-0.2, -0.15) is 17.9 Å². The maximum atomic E-state index is 14.3. The van der Waals surface area contributed by atoms with Crippen molar-refractivity contribution < 1.29 is 40.8 Å². The van der Waals surface area contributed by atoms with E-state index in [-0.39, 0.29) is 16.1 Å². The summed E-state index contributed by atoms with van der Waals surface area (Å²) in [6.07, 6.45) is -5.22. The van der Waals surface area contributed by atoms with Gasteiger partial charge in [0.05, 0.1) is 15.4 Å². The quantitative estimate of drug-likeness (QED) is 0.224. The van der Waals surface area contributed by atoms with Gasteiger partial charge in [0.15, 0.2) is 0 Å². The van der Waals surface area contributed by atoms with E-state index in [2.05, 4.69) is 4.72 Å². The average molecular weight is 553 g/mol. The molecule has 9 nitrogen and oxygen atoms in total. The van der Waals surface area contributed by atoms with Crippen LogP contribution in [0.2, 0.25) is 0 Å². The number of carbonyl (C=O) groups is 1. The molecule has 0 aliphatic rings. The van der Waals surface area contributed by atoms with Crippen LogP contribution in [0.3, 0.4) is 0 Å². The molecule has 0 saturated heterocycles. The maximum Gasteiger partial charge on any atom is 0.432 e. The number of nitro benzene ring substituents is 1. The monoisotopic (exact) mass is 552 g/mol. The molecule has 2 atom stereocenters. The first-order chi connectivity index (χ1) is 17.8. The van der Waals surface area contributed by atoms with Gasteiger partial charge in [-0.15, -0.1) is 0 Å². The van der Waals surface area contributed by atoms with Gasteiger partial charge in [-0.1, -0.05) is 60.7 Å². The second-order valence-corrected chi connectivity index (χ2v) is 10.1. The first-order valence-corrected chi connectivity index (χ1v) is 12.4. The van der Waals surface area contributed by atoms with Crippen molar-refractivity contribution in [2.75, 3.05) is 13.7 Å². The van der Waals surface area contributed by atoms with E-state index in [0.29, 0.717) is 0 Å². The van der Waals surface area contributed by atoms with Crippen LogP contribution in [0.5, 0.6) is 0 Å². The minimum atomic E-state index is -5.22. The first-order valence-electron chi connectivity index (χ1n) is 11.0. The Balaban J connectivity index is 1.98. The van der Waals surface area contributed by atoms with Crippen LogP contribution in [0.4, 0.5) is 18.9 Å². The summed E-state index contributed by atoms with van der Waals surface area (Å²) in [6, 6.07) is 17.9. The molecule has 3 rings (SSSR count). The average Bonchev–Trinajstić information content (AvgIpc) is 2.88. The zero-order valence-corrected chi connectivity index (χ0v) is 21.0. The minimum absolute atomic E-state index is 0.271. The Morgan fingerprint density at radius 2 is 1.42 bits per heavy atom. The van der Waals surface area contributed by atoms with E-state index in [1.165, 1.54) is 37.3 Å². The number of nitrogens with one attached hydrogen (secondary N) is 1. The fourth-order valence-electron chi connectivity index (χ4n) is 3.78. The Morgan fingerprint density at radius 1 is 0.921 bits per heavy atom. The summed E-state index contributed by atoms with van der Waals surface area (Å²) < 4.78 is 81.3. The van der Waals surface area contributed by atoms with Crippen LogP contribution in [-0.4, -0.2) is 39.2 Å². The summed E-state index contributed by atoms with van der Waals surface area (Å²) in [4.78, 5) is 22.9. The molecule has 13 heteroatoms. The molecular weight excluding hydrogens is 529 g/mol. The van der Waals surface area contributed by atoms with E-state index < -0.39 is 50.4 Å². The van der Waals surface area contributed by atoms with Gasteiger partial charge in [0.2, 0.25) is 10.0 Å². The number of carbonyl (C=O) groups excluding carboxylic acids is 1. The van der Waals surface area contributed by atoms with Gasteiger partial charge < -0.3 is 9.47 Å². The number of esters is 1. The molecule has 0 aliphatic heterocycles. The Kier molecular flexibility index (Phi) is 8.24. The Hall–Kier alpha value is -3.81. The number of methoxy groups -OCH3 is 1. The molecule has 0 aromatic heterocycles. The lowest BCUT2D eigenvalue weighted by Gasteiger charge is -2.35. The molecule has 0 heterocycles. The van der Waals surface area contributed by atoms with E-state index in [4.69, 9.17) is 9.47 Å². The topological polar surface area (TPSA) is 125 Å². The number of sulfonamides is 1. The number of benzene rings is 3. The smallest absolute Gasteiger partial charge is 0.432 e. The van der Waals surface area contributed by atoms with Gasteiger partial charge in [-0.05, 0) is 24.6 Å². The first kappa shape index (κ1) is 28.8. The lowest BCUT2D eigenvalue weighted by atomic mass is 9.92. The molecule has 202 valence electrons. The van der Waals surface area contributed by atoms with Gasteiger partial charge in [0.1, 0.15) is 6.61 Å². The molecule has 0 spiro atoms. The highest BCUT2D eigenvalue weighted by atomic mass is 32.2. The van der Waals surface area contributed by atoms with Crippen LogP contribution in [0.15, 0.2) is 89.8 Å². The molecule has 0 aliphatic carbocycles. The highest BCUT2D eigenvalue weighted by molar-refractivity contribution is 7.89. The van der Waals surface area contributed by atoms with E-state index in [9.17, 15) is 36.5 Å². The third-order valence-electron chi connectivity index (χ3n) is 5.79. The van der Waals surface area contributed by atoms with E-state index in [1.807, 2.05) is 0 Å². The van der Waals surface area contributed by atoms with Crippen molar-refractivity contribution in [3.8, 4) is 0 Å². The fourth-order valence-corrected chi connectivity index (χ4v) is 5.16. The highest BCUT2D eigenvalue weighted by Gasteiger charge is 2.64. The number of rotatable bonds is 10. The molecule has 0 amide bonds. The molecule has 0 bridgehead atoms. The third kappa shape index (κ3) is 5.69. The number of hydrogen-bond acceptors (Lipinski definition) is 7. The van der Waals surface area contributed by atoms with Crippen molar-refractivity contribution in [3.05, 3.63) is 106 Å². The van der Waals surface area contributed by atoms with Crippen molar-refractivity contribution in [2.45, 2.75) is 29.1 Å².